The maximum absolute atomic E-state index is 15.0. The van der Waals surface area contributed by atoms with E-state index in [1.54, 1.807) is 30.3 Å². The fourth-order valence-electron chi connectivity index (χ4n) is 6.07. The number of carboxylic acid groups (broad SMARTS) is 1. The molecule has 1 amide bonds. The summed E-state index contributed by atoms with van der Waals surface area (Å²) < 4.78 is 20.8. The fourth-order valence-corrected chi connectivity index (χ4v) is 6.27. The van der Waals surface area contributed by atoms with Gasteiger partial charge in [-0.3, -0.25) is 0 Å². The Balaban J connectivity index is 1.43. The van der Waals surface area contributed by atoms with Gasteiger partial charge in [0.05, 0.1) is 12.6 Å². The molecular formula is C34H37ClFN5O3. The van der Waals surface area contributed by atoms with Gasteiger partial charge in [-0.15, -0.1) is 0 Å². The van der Waals surface area contributed by atoms with E-state index in [1.807, 2.05) is 39.0 Å². The molecule has 1 aromatic heterocycles. The van der Waals surface area contributed by atoms with E-state index in [4.69, 9.17) is 16.3 Å². The number of likely N-dealkylation sites (tertiary alicyclic amines) is 1. The number of hydrogen-bond donors (Lipinski definition) is 2. The number of hydrogen-bond acceptors (Lipinski definition) is 6. The molecule has 2 atom stereocenters. The molecule has 1 fully saturated rings. The van der Waals surface area contributed by atoms with Crippen LogP contribution in [0.1, 0.15) is 46.7 Å². The van der Waals surface area contributed by atoms with Crippen LogP contribution in [0.5, 0.6) is 5.75 Å². The van der Waals surface area contributed by atoms with Gasteiger partial charge in [-0.1, -0.05) is 41.4 Å². The molecule has 3 aromatic carbocycles. The highest BCUT2D eigenvalue weighted by Gasteiger charge is 2.32. The van der Waals surface area contributed by atoms with Gasteiger partial charge in [-0.2, -0.15) is 4.98 Å². The van der Waals surface area contributed by atoms with Gasteiger partial charge in [-0.05, 0) is 99.8 Å². The third-order valence-corrected chi connectivity index (χ3v) is 8.15. The third-order valence-electron chi connectivity index (χ3n) is 7.91. The highest BCUT2D eigenvalue weighted by molar-refractivity contribution is 6.30. The maximum atomic E-state index is 15.0. The van der Waals surface area contributed by atoms with E-state index in [-0.39, 0.29) is 17.5 Å². The van der Waals surface area contributed by atoms with E-state index in [0.717, 1.165) is 48.2 Å². The fraction of sp³-hybridized carbons (Fsp3) is 0.324. The molecule has 44 heavy (non-hydrogen) atoms. The Morgan fingerprint density at radius 3 is 2.61 bits per heavy atom. The zero-order valence-electron chi connectivity index (χ0n) is 25.3. The van der Waals surface area contributed by atoms with Gasteiger partial charge in [0.2, 0.25) is 5.95 Å². The number of rotatable bonds is 9. The Morgan fingerprint density at radius 2 is 1.93 bits per heavy atom. The van der Waals surface area contributed by atoms with Crippen molar-refractivity contribution < 1.29 is 19.0 Å². The van der Waals surface area contributed by atoms with E-state index in [0.29, 0.717) is 28.8 Å². The molecule has 0 aliphatic carbocycles. The molecule has 8 nitrogen and oxygen atoms in total. The highest BCUT2D eigenvalue weighted by atomic mass is 35.5. The lowest BCUT2D eigenvalue weighted by molar-refractivity contribution is 0.147. The van der Waals surface area contributed by atoms with Crippen LogP contribution in [-0.2, 0) is 0 Å². The van der Waals surface area contributed by atoms with Gasteiger partial charge in [-0.25, -0.2) is 19.1 Å². The average molecular weight is 618 g/mol. The second kappa shape index (κ2) is 13.6. The summed E-state index contributed by atoms with van der Waals surface area (Å²) in [7, 11) is 2.09. The zero-order valence-corrected chi connectivity index (χ0v) is 26.1. The summed E-state index contributed by atoms with van der Waals surface area (Å²) in [6.45, 7) is 8.41. The molecule has 0 spiro atoms. The average Bonchev–Trinajstić information content (AvgIpc) is 2.96. The Morgan fingerprint density at radius 1 is 1.16 bits per heavy atom. The maximum Gasteiger partial charge on any atom is 0.413 e. The molecule has 1 aliphatic rings. The molecule has 0 bridgehead atoms. The summed E-state index contributed by atoms with van der Waals surface area (Å²) in [5.74, 6) is 0.312. The first kappa shape index (κ1) is 31.2. The van der Waals surface area contributed by atoms with E-state index in [9.17, 15) is 9.90 Å². The van der Waals surface area contributed by atoms with Gasteiger partial charge in [0.1, 0.15) is 5.82 Å². The number of aryl methyl sites for hydroxylation is 3. The molecule has 10 heteroatoms. The van der Waals surface area contributed by atoms with Crippen molar-refractivity contribution in [2.75, 3.05) is 37.0 Å². The van der Waals surface area contributed by atoms with Crippen LogP contribution >= 0.6 is 11.6 Å². The SMILES string of the molecule is Cc1cc(C)c(C(c2cccc(Cl)c2)N(C(=O)O)c2ccnc(Nc3ccc(OCC4CCCN(C)C4)c(F)c3)n2)c(C)c1. The predicted molar refractivity (Wildman–Crippen MR) is 172 cm³/mol. The lowest BCUT2D eigenvalue weighted by atomic mass is 9.89. The van der Waals surface area contributed by atoms with E-state index in [2.05, 4.69) is 27.2 Å². The predicted octanol–water partition coefficient (Wildman–Crippen LogP) is 7.93. The van der Waals surface area contributed by atoms with Gasteiger partial charge in [0, 0.05) is 35.4 Å². The number of aromatic nitrogens is 2. The molecule has 2 heterocycles. The molecule has 5 rings (SSSR count). The van der Waals surface area contributed by atoms with Crippen LogP contribution < -0.4 is 15.0 Å². The molecule has 2 N–H and O–H groups in total. The molecule has 4 aromatic rings. The largest absolute Gasteiger partial charge is 0.490 e. The highest BCUT2D eigenvalue weighted by Crippen LogP contribution is 2.37. The van der Waals surface area contributed by atoms with Crippen molar-refractivity contribution in [1.82, 2.24) is 14.9 Å². The Hall–Kier alpha value is -4.21. The minimum Gasteiger partial charge on any atom is -0.490 e. The van der Waals surface area contributed by atoms with Crippen LogP contribution in [-0.4, -0.2) is 52.8 Å². The van der Waals surface area contributed by atoms with Crippen molar-refractivity contribution in [1.29, 1.82) is 0 Å². The third kappa shape index (κ3) is 7.29. The number of nitrogens with one attached hydrogen (secondary N) is 1. The molecular weight excluding hydrogens is 581 g/mol. The first-order chi connectivity index (χ1) is 21.1. The van der Waals surface area contributed by atoms with Gasteiger partial charge >= 0.3 is 6.09 Å². The topological polar surface area (TPSA) is 90.8 Å². The molecule has 1 aliphatic heterocycles. The summed E-state index contributed by atoms with van der Waals surface area (Å²) in [5, 5.41) is 14.1. The number of benzene rings is 3. The lowest BCUT2D eigenvalue weighted by Gasteiger charge is -2.32. The van der Waals surface area contributed by atoms with Crippen molar-refractivity contribution in [2.45, 2.75) is 39.7 Å². The molecule has 2 unspecified atom stereocenters. The van der Waals surface area contributed by atoms with Crippen LogP contribution in [0.4, 0.5) is 26.6 Å². The van der Waals surface area contributed by atoms with Crippen LogP contribution in [0.25, 0.3) is 0 Å². The van der Waals surface area contributed by atoms with E-state index >= 15 is 4.39 Å². The second-order valence-corrected chi connectivity index (χ2v) is 11.9. The van der Waals surface area contributed by atoms with E-state index < -0.39 is 18.0 Å². The quantitative estimate of drug-likeness (QED) is 0.197. The zero-order chi connectivity index (χ0) is 31.4. The van der Waals surface area contributed by atoms with Crippen molar-refractivity contribution in [3.63, 3.8) is 0 Å². The molecule has 230 valence electrons. The number of anilines is 3. The van der Waals surface area contributed by atoms with Crippen LogP contribution in [0.3, 0.4) is 0 Å². The van der Waals surface area contributed by atoms with Crippen LogP contribution in [0.15, 0.2) is 66.9 Å². The summed E-state index contributed by atoms with van der Waals surface area (Å²) >= 11 is 6.37. The number of ether oxygens (including phenoxy) is 1. The smallest absolute Gasteiger partial charge is 0.413 e. The van der Waals surface area contributed by atoms with Crippen molar-refractivity contribution in [3.05, 3.63) is 106 Å². The summed E-state index contributed by atoms with van der Waals surface area (Å²) in [6.07, 6.45) is 2.45. The van der Waals surface area contributed by atoms with Crippen molar-refractivity contribution in [3.8, 4) is 5.75 Å². The van der Waals surface area contributed by atoms with Crippen molar-refractivity contribution >= 4 is 35.1 Å². The number of amides is 1. The monoisotopic (exact) mass is 617 g/mol. The van der Waals surface area contributed by atoms with Crippen LogP contribution in [0.2, 0.25) is 5.02 Å². The lowest BCUT2D eigenvalue weighted by Crippen LogP contribution is -2.36. The number of nitrogens with zero attached hydrogens (tertiary/aromatic N) is 4. The minimum absolute atomic E-state index is 0.120. The first-order valence-electron chi connectivity index (χ1n) is 14.7. The first-order valence-corrected chi connectivity index (χ1v) is 15.0. The Bertz CT molecular complexity index is 1630. The van der Waals surface area contributed by atoms with Gasteiger partial charge in [0.25, 0.3) is 0 Å². The molecule has 1 saturated heterocycles. The molecule has 0 radical (unpaired) electrons. The van der Waals surface area contributed by atoms with Gasteiger partial charge < -0.3 is 20.1 Å². The number of carbonyl (C=O) groups is 1. The normalized spacial score (nSPS) is 15.9. The second-order valence-electron chi connectivity index (χ2n) is 11.5. The van der Waals surface area contributed by atoms with Crippen LogP contribution in [0, 0.1) is 32.5 Å². The molecule has 0 saturated carbocycles. The van der Waals surface area contributed by atoms with Crippen molar-refractivity contribution in [2.24, 2.45) is 5.92 Å². The number of piperidine rings is 1. The summed E-state index contributed by atoms with van der Waals surface area (Å²) in [6, 6.07) is 16.6. The standard InChI is InChI=1S/C34H37ClFN5O3/c1-21-15-22(2)31(23(3)16-21)32(25-8-5-9-26(35)17-25)41(34(42)43)30-12-13-37-33(39-30)38-27-10-11-29(28(36)18-27)44-20-24-7-6-14-40(4)19-24/h5,8-13,15-18,24,32H,6-7,14,19-20H2,1-4H3,(H,42,43)(H,37,38,39). The summed E-state index contributed by atoms with van der Waals surface area (Å²) in [5.41, 5.74) is 4.91. The Kier molecular flexibility index (Phi) is 9.66. The van der Waals surface area contributed by atoms with Gasteiger partial charge in [0.15, 0.2) is 11.6 Å². The number of halogens is 2. The summed E-state index contributed by atoms with van der Waals surface area (Å²) in [4.78, 5) is 25.3. The minimum atomic E-state index is -1.20. The van der Waals surface area contributed by atoms with E-state index in [1.165, 1.54) is 23.2 Å². The Labute approximate surface area is 262 Å².